The topological polar surface area (TPSA) is 50.8 Å². The number of hydrogen-bond acceptors (Lipinski definition) is 4. The van der Waals surface area contributed by atoms with Crippen LogP contribution in [0.3, 0.4) is 0 Å². The Morgan fingerprint density at radius 3 is 2.45 bits per heavy atom. The number of carbonyl (C=O) groups excluding carboxylic acids is 1. The van der Waals surface area contributed by atoms with Crippen LogP contribution in [0.25, 0.3) is 0 Å². The van der Waals surface area contributed by atoms with Crippen molar-refractivity contribution in [2.24, 2.45) is 0 Å². The third kappa shape index (κ3) is 3.66. The molecule has 1 aliphatic heterocycles. The van der Waals surface area contributed by atoms with Crippen LogP contribution in [0.2, 0.25) is 5.02 Å². The van der Waals surface area contributed by atoms with Crippen molar-refractivity contribution in [1.29, 1.82) is 0 Å². The van der Waals surface area contributed by atoms with Gasteiger partial charge in [-0.05, 0) is 44.1 Å². The number of halogens is 2. The van der Waals surface area contributed by atoms with Crippen LogP contribution in [0.5, 0.6) is 5.75 Å². The van der Waals surface area contributed by atoms with Crippen LogP contribution in [0.1, 0.15) is 12.8 Å². The Morgan fingerprint density at radius 2 is 1.95 bits per heavy atom. The van der Waals surface area contributed by atoms with E-state index >= 15 is 0 Å². The Labute approximate surface area is 142 Å². The number of amides is 1. The van der Waals surface area contributed by atoms with E-state index in [4.69, 9.17) is 21.1 Å². The smallest absolute Gasteiger partial charge is 0.259 e. The van der Waals surface area contributed by atoms with E-state index in [0.29, 0.717) is 23.6 Å². The first kappa shape index (κ1) is 19.0. The molecule has 124 valence electrons. The van der Waals surface area contributed by atoms with Gasteiger partial charge in [-0.25, -0.2) is 0 Å². The van der Waals surface area contributed by atoms with Crippen LogP contribution in [-0.4, -0.2) is 45.9 Å². The fraction of sp³-hybridized carbons (Fsp3) is 0.533. The maximum atomic E-state index is 12.8. The molecule has 7 heteroatoms. The number of anilines is 1. The van der Waals surface area contributed by atoms with Gasteiger partial charge < -0.3 is 19.7 Å². The van der Waals surface area contributed by atoms with Crippen molar-refractivity contribution < 1.29 is 14.3 Å². The zero-order valence-corrected chi connectivity index (χ0v) is 14.6. The SMILES string of the molecule is COc1ccc(N(C)C(=O)C2(OC)CCNCC2)cc1Cl.Cl. The highest BCUT2D eigenvalue weighted by Crippen LogP contribution is 2.31. The minimum Gasteiger partial charge on any atom is -0.495 e. The summed E-state index contributed by atoms with van der Waals surface area (Å²) in [5, 5.41) is 3.72. The van der Waals surface area contributed by atoms with Gasteiger partial charge in [0.1, 0.15) is 11.4 Å². The third-order valence-electron chi connectivity index (χ3n) is 4.02. The summed E-state index contributed by atoms with van der Waals surface area (Å²) < 4.78 is 10.7. The van der Waals surface area contributed by atoms with Gasteiger partial charge in [0, 0.05) is 19.8 Å². The molecule has 0 bridgehead atoms. The number of likely N-dealkylation sites (N-methyl/N-ethyl adjacent to an activating group) is 1. The summed E-state index contributed by atoms with van der Waals surface area (Å²) in [5.74, 6) is 0.539. The number of methoxy groups -OCH3 is 2. The molecule has 1 saturated heterocycles. The molecular weight excluding hydrogens is 327 g/mol. The number of benzene rings is 1. The van der Waals surface area contributed by atoms with Crippen LogP contribution in [0.4, 0.5) is 5.69 Å². The molecule has 1 aliphatic rings. The van der Waals surface area contributed by atoms with Gasteiger partial charge in [-0.2, -0.15) is 0 Å². The third-order valence-corrected chi connectivity index (χ3v) is 4.31. The molecule has 22 heavy (non-hydrogen) atoms. The van der Waals surface area contributed by atoms with Crippen LogP contribution < -0.4 is 15.0 Å². The molecule has 0 atom stereocenters. The molecule has 1 heterocycles. The molecule has 0 saturated carbocycles. The predicted molar refractivity (Wildman–Crippen MR) is 90.5 cm³/mol. The molecule has 0 radical (unpaired) electrons. The standard InChI is InChI=1S/C15H21ClN2O3.ClH/c1-18(11-4-5-13(20-2)12(16)10-11)14(19)15(21-3)6-8-17-9-7-15;/h4-5,10,17H,6-9H2,1-3H3;1H. The molecule has 1 amide bonds. The van der Waals surface area contributed by atoms with Crippen LogP contribution in [0.15, 0.2) is 18.2 Å². The quantitative estimate of drug-likeness (QED) is 0.908. The fourth-order valence-corrected chi connectivity index (χ4v) is 2.87. The van der Waals surface area contributed by atoms with Crippen molar-refractivity contribution in [3.05, 3.63) is 23.2 Å². The van der Waals surface area contributed by atoms with Crippen LogP contribution in [-0.2, 0) is 9.53 Å². The summed E-state index contributed by atoms with van der Waals surface area (Å²) in [6, 6.07) is 5.29. The number of nitrogens with one attached hydrogen (secondary N) is 1. The molecule has 0 aliphatic carbocycles. The molecule has 2 rings (SSSR count). The highest BCUT2D eigenvalue weighted by atomic mass is 35.5. The van der Waals surface area contributed by atoms with Gasteiger partial charge in [-0.1, -0.05) is 11.6 Å². The number of ether oxygens (including phenoxy) is 2. The van der Waals surface area contributed by atoms with Crippen molar-refractivity contribution in [2.45, 2.75) is 18.4 Å². The van der Waals surface area contributed by atoms with Gasteiger partial charge in [0.25, 0.3) is 5.91 Å². The fourth-order valence-electron chi connectivity index (χ4n) is 2.62. The van der Waals surface area contributed by atoms with E-state index in [0.717, 1.165) is 18.8 Å². The van der Waals surface area contributed by atoms with Gasteiger partial charge >= 0.3 is 0 Å². The predicted octanol–water partition coefficient (Wildman–Crippen LogP) is 2.50. The largest absolute Gasteiger partial charge is 0.495 e. The first-order chi connectivity index (χ1) is 10.0. The normalized spacial score (nSPS) is 16.5. The van der Waals surface area contributed by atoms with E-state index < -0.39 is 5.60 Å². The van der Waals surface area contributed by atoms with Gasteiger partial charge in [0.15, 0.2) is 0 Å². The zero-order valence-electron chi connectivity index (χ0n) is 13.0. The number of hydrogen-bond donors (Lipinski definition) is 1. The van der Waals surface area contributed by atoms with Crippen LogP contribution >= 0.6 is 24.0 Å². The molecule has 5 nitrogen and oxygen atoms in total. The lowest BCUT2D eigenvalue weighted by atomic mass is 9.90. The first-order valence-electron chi connectivity index (χ1n) is 6.91. The summed E-state index contributed by atoms with van der Waals surface area (Å²) in [5.41, 5.74) is -0.0346. The number of nitrogens with zero attached hydrogens (tertiary/aromatic N) is 1. The zero-order chi connectivity index (χ0) is 15.5. The second kappa shape index (κ2) is 8.02. The monoisotopic (exact) mass is 348 g/mol. The van der Waals surface area contributed by atoms with Crippen molar-refractivity contribution in [1.82, 2.24) is 5.32 Å². The highest BCUT2D eigenvalue weighted by molar-refractivity contribution is 6.32. The highest BCUT2D eigenvalue weighted by Gasteiger charge is 2.41. The lowest BCUT2D eigenvalue weighted by molar-refractivity contribution is -0.143. The number of piperidine rings is 1. The van der Waals surface area contributed by atoms with Crippen molar-refractivity contribution in [3.8, 4) is 5.75 Å². The first-order valence-corrected chi connectivity index (χ1v) is 7.29. The van der Waals surface area contributed by atoms with E-state index in [9.17, 15) is 4.79 Å². The van der Waals surface area contributed by atoms with Gasteiger partial charge in [0.2, 0.25) is 0 Å². The molecule has 0 unspecified atom stereocenters. The summed E-state index contributed by atoms with van der Waals surface area (Å²) in [4.78, 5) is 14.4. The second-order valence-electron chi connectivity index (χ2n) is 5.13. The number of rotatable bonds is 4. The molecule has 0 spiro atoms. The lowest BCUT2D eigenvalue weighted by Crippen LogP contribution is -2.54. The van der Waals surface area contributed by atoms with Gasteiger partial charge in [0.05, 0.1) is 12.1 Å². The number of carbonyl (C=O) groups is 1. The van der Waals surface area contributed by atoms with Crippen molar-refractivity contribution >= 4 is 35.6 Å². The lowest BCUT2D eigenvalue weighted by Gasteiger charge is -2.37. The van der Waals surface area contributed by atoms with E-state index in [2.05, 4.69) is 5.32 Å². The summed E-state index contributed by atoms with van der Waals surface area (Å²) >= 11 is 6.13. The second-order valence-corrected chi connectivity index (χ2v) is 5.54. The summed E-state index contributed by atoms with van der Waals surface area (Å²) in [6.45, 7) is 1.55. The Morgan fingerprint density at radius 1 is 1.32 bits per heavy atom. The average Bonchev–Trinajstić information content (AvgIpc) is 2.54. The average molecular weight is 349 g/mol. The van der Waals surface area contributed by atoms with E-state index in [1.165, 1.54) is 0 Å². The van der Waals surface area contributed by atoms with Gasteiger partial charge in [-0.15, -0.1) is 12.4 Å². The molecule has 0 aromatic heterocycles. The van der Waals surface area contributed by atoms with E-state index in [1.54, 1.807) is 38.3 Å². The Kier molecular flexibility index (Phi) is 6.94. The Bertz CT molecular complexity index is 520. The molecule has 1 aromatic carbocycles. The Balaban J connectivity index is 0.00000242. The molecular formula is C15H22Cl2N2O3. The molecule has 1 fully saturated rings. The van der Waals surface area contributed by atoms with Crippen LogP contribution in [0, 0.1) is 0 Å². The van der Waals surface area contributed by atoms with Crippen molar-refractivity contribution in [2.75, 3.05) is 39.3 Å². The van der Waals surface area contributed by atoms with E-state index in [-0.39, 0.29) is 18.3 Å². The van der Waals surface area contributed by atoms with Crippen molar-refractivity contribution in [3.63, 3.8) is 0 Å². The minimum atomic E-state index is -0.758. The summed E-state index contributed by atoms with van der Waals surface area (Å²) in [6.07, 6.45) is 1.33. The molecule has 1 aromatic rings. The maximum absolute atomic E-state index is 12.8. The molecule has 1 N–H and O–H groups in total. The maximum Gasteiger partial charge on any atom is 0.259 e. The minimum absolute atomic E-state index is 0. The van der Waals surface area contributed by atoms with E-state index in [1.807, 2.05) is 6.07 Å². The Hall–Kier alpha value is -1.01. The van der Waals surface area contributed by atoms with Gasteiger partial charge in [-0.3, -0.25) is 4.79 Å². The summed E-state index contributed by atoms with van der Waals surface area (Å²) in [7, 11) is 4.89.